The third-order valence-corrected chi connectivity index (χ3v) is 4.71. The Bertz CT molecular complexity index is 691. The predicted octanol–water partition coefficient (Wildman–Crippen LogP) is 3.12. The lowest BCUT2D eigenvalue weighted by atomic mass is 10.3. The fourth-order valence-electron chi connectivity index (χ4n) is 1.67. The molecule has 0 bridgehead atoms. The van der Waals surface area contributed by atoms with Crippen molar-refractivity contribution >= 4 is 40.7 Å². The zero-order chi connectivity index (χ0) is 16.7. The van der Waals surface area contributed by atoms with Gasteiger partial charge < -0.3 is 10.1 Å². The van der Waals surface area contributed by atoms with Gasteiger partial charge in [0, 0.05) is 5.38 Å². The van der Waals surface area contributed by atoms with Gasteiger partial charge in [-0.15, -0.1) is 11.3 Å². The van der Waals surface area contributed by atoms with Crippen LogP contribution in [0.25, 0.3) is 0 Å². The molecule has 2 rings (SSSR count). The number of thiazole rings is 1. The molecule has 0 spiro atoms. The summed E-state index contributed by atoms with van der Waals surface area (Å²) in [7, 11) is 0. The lowest BCUT2D eigenvalue weighted by molar-refractivity contribution is -0.142. The number of nitrogens with zero attached hydrogens (tertiary/aromatic N) is 1. The Kier molecular flexibility index (Phi) is 6.54. The van der Waals surface area contributed by atoms with E-state index in [1.165, 1.54) is 35.2 Å². The van der Waals surface area contributed by atoms with E-state index in [0.29, 0.717) is 16.6 Å². The standard InChI is InChI=1S/C15H15FN2O3S2/c1-2-21-14(20)7-10-8-22-15(17-10)23-9-13(19)18-12-6-4-3-5-11(12)16/h3-6,8H,2,7,9H2,1H3,(H,18,19). The summed E-state index contributed by atoms with van der Waals surface area (Å²) in [6.07, 6.45) is 0.117. The molecule has 1 N–H and O–H groups in total. The molecule has 0 saturated carbocycles. The first-order valence-electron chi connectivity index (χ1n) is 6.85. The minimum Gasteiger partial charge on any atom is -0.466 e. The van der Waals surface area contributed by atoms with Crippen molar-refractivity contribution in [3.63, 3.8) is 0 Å². The molecule has 2 aromatic rings. The molecular formula is C15H15FN2O3S2. The van der Waals surface area contributed by atoms with Crippen LogP contribution in [0.1, 0.15) is 12.6 Å². The summed E-state index contributed by atoms with van der Waals surface area (Å²) in [4.78, 5) is 27.4. The van der Waals surface area contributed by atoms with Gasteiger partial charge in [0.15, 0.2) is 4.34 Å². The number of carbonyl (C=O) groups is 2. The number of rotatable bonds is 7. The minimum absolute atomic E-state index is 0.112. The van der Waals surface area contributed by atoms with Gasteiger partial charge in [0.05, 0.1) is 30.2 Å². The van der Waals surface area contributed by atoms with E-state index in [-0.39, 0.29) is 29.7 Å². The lowest BCUT2D eigenvalue weighted by Gasteiger charge is -2.04. The van der Waals surface area contributed by atoms with Crippen LogP contribution in [-0.4, -0.2) is 29.2 Å². The van der Waals surface area contributed by atoms with Crippen LogP contribution in [0.15, 0.2) is 34.0 Å². The van der Waals surface area contributed by atoms with Crippen LogP contribution in [0.3, 0.4) is 0 Å². The van der Waals surface area contributed by atoms with Gasteiger partial charge in [-0.2, -0.15) is 0 Å². The Labute approximate surface area is 141 Å². The molecule has 0 aliphatic rings. The molecule has 0 unspecified atom stereocenters. The van der Waals surface area contributed by atoms with Crippen molar-refractivity contribution in [2.75, 3.05) is 17.7 Å². The molecule has 1 amide bonds. The van der Waals surface area contributed by atoms with Gasteiger partial charge in [-0.3, -0.25) is 9.59 Å². The number of aromatic nitrogens is 1. The fraction of sp³-hybridized carbons (Fsp3) is 0.267. The minimum atomic E-state index is -0.475. The Hall–Kier alpha value is -1.93. The number of nitrogens with one attached hydrogen (secondary N) is 1. The topological polar surface area (TPSA) is 68.3 Å². The first-order valence-corrected chi connectivity index (χ1v) is 8.72. The van der Waals surface area contributed by atoms with E-state index in [4.69, 9.17) is 4.74 Å². The third kappa shape index (κ3) is 5.65. The summed E-state index contributed by atoms with van der Waals surface area (Å²) < 4.78 is 18.9. The van der Waals surface area contributed by atoms with Crippen LogP contribution in [0.5, 0.6) is 0 Å². The maximum Gasteiger partial charge on any atom is 0.311 e. The number of carbonyl (C=O) groups excluding carboxylic acids is 2. The number of para-hydroxylation sites is 1. The summed E-state index contributed by atoms with van der Waals surface area (Å²) in [6, 6.07) is 5.98. The molecule has 5 nitrogen and oxygen atoms in total. The second-order valence-electron chi connectivity index (χ2n) is 4.40. The summed E-state index contributed by atoms with van der Waals surface area (Å²) in [5.41, 5.74) is 0.769. The SMILES string of the molecule is CCOC(=O)Cc1csc(SCC(=O)Nc2ccccc2F)n1. The highest BCUT2D eigenvalue weighted by molar-refractivity contribution is 8.01. The zero-order valence-corrected chi connectivity index (χ0v) is 14.0. The maximum atomic E-state index is 13.4. The highest BCUT2D eigenvalue weighted by Gasteiger charge is 2.11. The summed E-state index contributed by atoms with van der Waals surface area (Å²) >= 11 is 2.59. The zero-order valence-electron chi connectivity index (χ0n) is 12.4. The van der Waals surface area contributed by atoms with Crippen molar-refractivity contribution in [3.05, 3.63) is 41.2 Å². The number of esters is 1. The van der Waals surface area contributed by atoms with Gasteiger partial charge >= 0.3 is 5.97 Å². The second kappa shape index (κ2) is 8.64. The Balaban J connectivity index is 1.82. The number of thioether (sulfide) groups is 1. The van der Waals surface area contributed by atoms with E-state index in [1.54, 1.807) is 24.4 Å². The van der Waals surface area contributed by atoms with Gasteiger partial charge in [-0.25, -0.2) is 9.37 Å². The van der Waals surface area contributed by atoms with Crippen LogP contribution in [0, 0.1) is 5.82 Å². The van der Waals surface area contributed by atoms with Crippen molar-refractivity contribution in [1.29, 1.82) is 0 Å². The molecule has 1 aromatic heterocycles. The molecule has 1 aromatic carbocycles. The van der Waals surface area contributed by atoms with E-state index >= 15 is 0 Å². The van der Waals surface area contributed by atoms with Crippen molar-refractivity contribution in [3.8, 4) is 0 Å². The van der Waals surface area contributed by atoms with Crippen LogP contribution in [-0.2, 0) is 20.7 Å². The summed E-state index contributed by atoms with van der Waals surface area (Å²) in [6.45, 7) is 2.08. The van der Waals surface area contributed by atoms with E-state index < -0.39 is 5.82 Å². The Morgan fingerprint density at radius 3 is 2.91 bits per heavy atom. The van der Waals surface area contributed by atoms with E-state index in [2.05, 4.69) is 10.3 Å². The lowest BCUT2D eigenvalue weighted by Crippen LogP contribution is -2.14. The van der Waals surface area contributed by atoms with Crippen molar-refractivity contribution in [2.45, 2.75) is 17.7 Å². The number of halogens is 1. The smallest absolute Gasteiger partial charge is 0.311 e. The molecule has 0 fully saturated rings. The molecule has 0 aliphatic heterocycles. The largest absolute Gasteiger partial charge is 0.466 e. The van der Waals surface area contributed by atoms with Crippen LogP contribution >= 0.6 is 23.1 Å². The quantitative estimate of drug-likeness (QED) is 0.611. The van der Waals surface area contributed by atoms with Gasteiger partial charge in [-0.1, -0.05) is 23.9 Å². The van der Waals surface area contributed by atoms with E-state index in [1.807, 2.05) is 0 Å². The molecular weight excluding hydrogens is 339 g/mol. The predicted molar refractivity (Wildman–Crippen MR) is 88.2 cm³/mol. The average Bonchev–Trinajstić information content (AvgIpc) is 2.95. The van der Waals surface area contributed by atoms with Crippen molar-refractivity contribution < 1.29 is 18.7 Å². The molecule has 122 valence electrons. The first kappa shape index (κ1) is 17.4. The Morgan fingerprint density at radius 2 is 2.17 bits per heavy atom. The molecule has 0 saturated heterocycles. The number of ether oxygens (including phenoxy) is 1. The number of hydrogen-bond donors (Lipinski definition) is 1. The molecule has 8 heteroatoms. The van der Waals surface area contributed by atoms with Crippen LogP contribution in [0.2, 0.25) is 0 Å². The van der Waals surface area contributed by atoms with E-state index in [0.717, 1.165) is 0 Å². The normalized spacial score (nSPS) is 10.3. The first-order chi connectivity index (χ1) is 11.1. The molecule has 1 heterocycles. The number of amides is 1. The van der Waals surface area contributed by atoms with E-state index in [9.17, 15) is 14.0 Å². The highest BCUT2D eigenvalue weighted by atomic mass is 32.2. The molecule has 0 aliphatic carbocycles. The van der Waals surface area contributed by atoms with Gasteiger partial charge in [0.2, 0.25) is 5.91 Å². The average molecular weight is 354 g/mol. The second-order valence-corrected chi connectivity index (χ2v) is 6.48. The number of benzene rings is 1. The fourth-order valence-corrected chi connectivity index (χ4v) is 3.32. The van der Waals surface area contributed by atoms with Gasteiger partial charge in [0.25, 0.3) is 0 Å². The highest BCUT2D eigenvalue weighted by Crippen LogP contribution is 2.23. The monoisotopic (exact) mass is 354 g/mol. The number of anilines is 1. The van der Waals surface area contributed by atoms with Gasteiger partial charge in [0.1, 0.15) is 5.82 Å². The van der Waals surface area contributed by atoms with Gasteiger partial charge in [-0.05, 0) is 19.1 Å². The molecule has 0 atom stereocenters. The summed E-state index contributed by atoms with van der Waals surface area (Å²) in [5.74, 6) is -1.01. The molecule has 0 radical (unpaired) electrons. The van der Waals surface area contributed by atoms with Crippen LogP contribution in [0.4, 0.5) is 10.1 Å². The van der Waals surface area contributed by atoms with Crippen LogP contribution < -0.4 is 5.32 Å². The molecule has 23 heavy (non-hydrogen) atoms. The maximum absolute atomic E-state index is 13.4. The Morgan fingerprint density at radius 1 is 1.39 bits per heavy atom. The van der Waals surface area contributed by atoms with Crippen molar-refractivity contribution in [2.24, 2.45) is 0 Å². The third-order valence-electron chi connectivity index (χ3n) is 2.64. The van der Waals surface area contributed by atoms with Crippen molar-refractivity contribution in [1.82, 2.24) is 4.98 Å². The summed E-state index contributed by atoms with van der Waals surface area (Å²) in [5, 5.41) is 4.26. The number of hydrogen-bond acceptors (Lipinski definition) is 6.